The Balaban J connectivity index is 1.34. The topological polar surface area (TPSA) is 16.4 Å². The van der Waals surface area contributed by atoms with Gasteiger partial charge >= 0.3 is 0 Å². The van der Waals surface area contributed by atoms with Crippen LogP contribution < -0.4 is 4.90 Å². The molecule has 3 heteroatoms. The highest BCUT2D eigenvalue weighted by Gasteiger charge is 2.23. The van der Waals surface area contributed by atoms with Gasteiger partial charge in [0.1, 0.15) is 5.58 Å². The van der Waals surface area contributed by atoms with Crippen LogP contribution in [0.15, 0.2) is 156 Å². The van der Waals surface area contributed by atoms with Gasteiger partial charge in [-0.25, -0.2) is 0 Å². The number of benzene rings is 7. The van der Waals surface area contributed by atoms with E-state index >= 15 is 0 Å². The Bertz CT molecular complexity index is 2450. The third-order valence-electron chi connectivity index (χ3n) is 8.46. The second-order valence-electron chi connectivity index (χ2n) is 10.9. The molecule has 2 aromatic heterocycles. The van der Waals surface area contributed by atoms with Gasteiger partial charge in [-0.2, -0.15) is 0 Å². The Morgan fingerprint density at radius 2 is 1.07 bits per heavy atom. The van der Waals surface area contributed by atoms with Gasteiger partial charge in [0.15, 0.2) is 5.58 Å². The van der Waals surface area contributed by atoms with E-state index in [2.05, 4.69) is 157 Å². The molecule has 0 aliphatic rings. The van der Waals surface area contributed by atoms with Crippen LogP contribution in [0, 0.1) is 0 Å². The summed E-state index contributed by atoms with van der Waals surface area (Å²) in [4.78, 5) is 2.38. The Hall–Kier alpha value is -5.38. The van der Waals surface area contributed by atoms with Gasteiger partial charge < -0.3 is 9.32 Å². The smallest absolute Gasteiger partial charge is 0.159 e. The van der Waals surface area contributed by atoms with Gasteiger partial charge in [0.2, 0.25) is 0 Å². The van der Waals surface area contributed by atoms with Crippen molar-refractivity contribution >= 4 is 81.3 Å². The summed E-state index contributed by atoms with van der Waals surface area (Å²) in [5.74, 6) is 0. The molecule has 0 aliphatic heterocycles. The molecule has 0 amide bonds. The zero-order chi connectivity index (χ0) is 28.3. The molecule has 0 unspecified atom stereocenters. The minimum Gasteiger partial charge on any atom is -0.453 e. The van der Waals surface area contributed by atoms with Crippen molar-refractivity contribution in [3.63, 3.8) is 0 Å². The number of rotatable bonds is 4. The molecule has 0 N–H and O–H groups in total. The number of fused-ring (bicyclic) bond motifs is 8. The van der Waals surface area contributed by atoms with Gasteiger partial charge in [-0.1, -0.05) is 109 Å². The first-order valence-electron chi connectivity index (χ1n) is 14.5. The summed E-state index contributed by atoms with van der Waals surface area (Å²) in [6.07, 6.45) is 0. The molecule has 7 aromatic carbocycles. The first kappa shape index (κ1) is 24.2. The largest absolute Gasteiger partial charge is 0.453 e. The zero-order valence-corrected chi connectivity index (χ0v) is 24.0. The summed E-state index contributed by atoms with van der Waals surface area (Å²) in [6, 6.07) is 54.1. The molecule has 0 spiro atoms. The van der Waals surface area contributed by atoms with Crippen LogP contribution in [0.1, 0.15) is 0 Å². The lowest BCUT2D eigenvalue weighted by Crippen LogP contribution is -2.10. The molecule has 0 fully saturated rings. The quantitative estimate of drug-likeness (QED) is 0.210. The van der Waals surface area contributed by atoms with Gasteiger partial charge in [-0.15, -0.1) is 11.3 Å². The number of anilines is 3. The molecule has 2 heterocycles. The molecule has 0 aliphatic carbocycles. The predicted octanol–water partition coefficient (Wildman–Crippen LogP) is 12.2. The van der Waals surface area contributed by atoms with E-state index in [0.29, 0.717) is 0 Å². The summed E-state index contributed by atoms with van der Waals surface area (Å²) in [6.45, 7) is 0. The van der Waals surface area contributed by atoms with Gasteiger partial charge in [0.25, 0.3) is 0 Å². The molecule has 9 rings (SSSR count). The van der Waals surface area contributed by atoms with E-state index in [1.165, 1.54) is 36.7 Å². The van der Waals surface area contributed by atoms with Crippen LogP contribution in [0.5, 0.6) is 0 Å². The maximum atomic E-state index is 6.86. The fourth-order valence-corrected chi connectivity index (χ4v) is 7.60. The van der Waals surface area contributed by atoms with E-state index in [0.717, 1.165) is 44.4 Å². The van der Waals surface area contributed by atoms with Crippen LogP contribution in [-0.4, -0.2) is 0 Å². The van der Waals surface area contributed by atoms with Crippen molar-refractivity contribution in [2.75, 3.05) is 4.90 Å². The maximum absolute atomic E-state index is 6.86. The first-order chi connectivity index (χ1) is 21.3. The number of nitrogens with zero attached hydrogens (tertiary/aromatic N) is 1. The highest BCUT2D eigenvalue weighted by atomic mass is 32.1. The van der Waals surface area contributed by atoms with Gasteiger partial charge in [-0.05, 0) is 59.0 Å². The van der Waals surface area contributed by atoms with Crippen molar-refractivity contribution in [2.45, 2.75) is 0 Å². The summed E-state index contributed by atoms with van der Waals surface area (Å²) in [5.41, 5.74) is 7.46. The minimum atomic E-state index is 0.887. The molecule has 0 saturated heterocycles. The van der Waals surface area contributed by atoms with Crippen LogP contribution in [0.25, 0.3) is 64.0 Å². The minimum absolute atomic E-state index is 0.887. The predicted molar refractivity (Wildman–Crippen MR) is 184 cm³/mol. The summed E-state index contributed by atoms with van der Waals surface area (Å²) >= 11 is 1.84. The van der Waals surface area contributed by atoms with E-state index < -0.39 is 0 Å². The second-order valence-corrected chi connectivity index (χ2v) is 12.0. The monoisotopic (exact) mass is 567 g/mol. The van der Waals surface area contributed by atoms with Gasteiger partial charge in [0, 0.05) is 42.0 Å². The normalized spacial score (nSPS) is 11.7. The number of hydrogen-bond acceptors (Lipinski definition) is 3. The molecule has 202 valence electrons. The Labute approximate surface area is 252 Å². The van der Waals surface area contributed by atoms with E-state index in [9.17, 15) is 0 Å². The highest BCUT2D eigenvalue weighted by Crippen LogP contribution is 2.48. The molecule has 2 nitrogen and oxygen atoms in total. The molecule has 0 saturated carbocycles. The number of hydrogen-bond donors (Lipinski definition) is 0. The highest BCUT2D eigenvalue weighted by molar-refractivity contribution is 7.26. The fourth-order valence-electron chi connectivity index (χ4n) is 6.47. The van der Waals surface area contributed by atoms with E-state index in [4.69, 9.17) is 4.42 Å². The van der Waals surface area contributed by atoms with Crippen LogP contribution in [0.2, 0.25) is 0 Å². The maximum Gasteiger partial charge on any atom is 0.159 e. The summed E-state index contributed by atoms with van der Waals surface area (Å²) in [5, 5.41) is 7.09. The van der Waals surface area contributed by atoms with Crippen molar-refractivity contribution in [3.05, 3.63) is 152 Å². The van der Waals surface area contributed by atoms with Gasteiger partial charge in [0.05, 0.1) is 11.4 Å². The molecule has 0 bridgehead atoms. The van der Waals surface area contributed by atoms with Crippen molar-refractivity contribution < 1.29 is 4.42 Å². The third kappa shape index (κ3) is 3.79. The summed E-state index contributed by atoms with van der Waals surface area (Å²) in [7, 11) is 0. The van der Waals surface area contributed by atoms with Crippen molar-refractivity contribution in [2.24, 2.45) is 0 Å². The third-order valence-corrected chi connectivity index (χ3v) is 9.60. The number of para-hydroxylation sites is 1. The molecule has 43 heavy (non-hydrogen) atoms. The fraction of sp³-hybridized carbons (Fsp3) is 0. The average Bonchev–Trinajstić information content (AvgIpc) is 3.65. The Morgan fingerprint density at radius 3 is 1.95 bits per heavy atom. The molecule has 9 aromatic rings. The van der Waals surface area contributed by atoms with Crippen LogP contribution >= 0.6 is 11.3 Å². The number of thiophene rings is 1. The van der Waals surface area contributed by atoms with E-state index in [-0.39, 0.29) is 0 Å². The van der Waals surface area contributed by atoms with E-state index in [1.54, 1.807) is 0 Å². The second kappa shape index (κ2) is 9.59. The van der Waals surface area contributed by atoms with Gasteiger partial charge in [-0.3, -0.25) is 0 Å². The van der Waals surface area contributed by atoms with Crippen LogP contribution in [-0.2, 0) is 0 Å². The summed E-state index contributed by atoms with van der Waals surface area (Å²) < 4.78 is 9.42. The Kier molecular flexibility index (Phi) is 5.40. The SMILES string of the molecule is c1ccc(-c2ccc(N(c3cccc4c3oc3c5ccccc5ccc43)c3cccc4sc5ccccc5c34)cc2)cc1. The van der Waals surface area contributed by atoms with Crippen molar-refractivity contribution in [1.82, 2.24) is 0 Å². The molecular formula is C40H25NOS. The van der Waals surface area contributed by atoms with Crippen molar-refractivity contribution in [3.8, 4) is 11.1 Å². The van der Waals surface area contributed by atoms with Crippen LogP contribution in [0.4, 0.5) is 17.1 Å². The zero-order valence-electron chi connectivity index (χ0n) is 23.2. The average molecular weight is 568 g/mol. The van der Waals surface area contributed by atoms with Crippen LogP contribution in [0.3, 0.4) is 0 Å². The molecule has 0 radical (unpaired) electrons. The standard InChI is InChI=1S/C40H25NOS/c1-2-10-26(11-3-1)27-20-23-29(24-21-27)41(34-16-9-19-37-38(34)33-14-6-7-18-36(33)43-37)35-17-8-15-31-32-25-22-28-12-4-5-13-30(28)39(32)42-40(31)35/h1-25H. The number of furan rings is 1. The molecule has 0 atom stereocenters. The lowest BCUT2D eigenvalue weighted by molar-refractivity contribution is 0.673. The lowest BCUT2D eigenvalue weighted by Gasteiger charge is -2.26. The Morgan fingerprint density at radius 1 is 0.419 bits per heavy atom. The lowest BCUT2D eigenvalue weighted by atomic mass is 10.0. The van der Waals surface area contributed by atoms with Crippen molar-refractivity contribution in [1.29, 1.82) is 0 Å². The first-order valence-corrected chi connectivity index (χ1v) is 15.3. The molecular weight excluding hydrogens is 543 g/mol. The van der Waals surface area contributed by atoms with E-state index in [1.807, 2.05) is 11.3 Å².